The van der Waals surface area contributed by atoms with Gasteiger partial charge in [-0.3, -0.25) is 4.99 Å². The smallest absolute Gasteiger partial charge is 0.240 e. The molecule has 2 rings (SSSR count). The van der Waals surface area contributed by atoms with Gasteiger partial charge in [0.15, 0.2) is 5.96 Å². The number of halogens is 1. The Kier molecular flexibility index (Phi) is 11.7. The van der Waals surface area contributed by atoms with Crippen molar-refractivity contribution in [1.82, 2.24) is 15.4 Å². The average Bonchev–Trinajstić information content (AvgIpc) is 2.72. The molecule has 166 valence electrons. The van der Waals surface area contributed by atoms with Crippen molar-refractivity contribution in [3.63, 3.8) is 0 Å². The molecule has 0 saturated carbocycles. The molecule has 0 unspecified atom stereocenters. The summed E-state index contributed by atoms with van der Waals surface area (Å²) in [6, 6.07) is 14.4. The van der Waals surface area contributed by atoms with Crippen LogP contribution in [-0.4, -0.2) is 47.7 Å². The molecule has 0 radical (unpaired) electrons. The molecule has 2 aromatic rings. The molecular weight excluding hydrogens is 515 g/mol. The molecule has 0 saturated heterocycles. The summed E-state index contributed by atoms with van der Waals surface area (Å²) in [7, 11) is -1.84. The lowest BCUT2D eigenvalue weighted by Crippen LogP contribution is -2.39. The molecule has 0 fully saturated rings. The van der Waals surface area contributed by atoms with Gasteiger partial charge in [-0.1, -0.05) is 35.9 Å². The zero-order valence-electron chi connectivity index (χ0n) is 17.6. The fraction of sp³-hybridized carbons (Fsp3) is 0.381. The summed E-state index contributed by atoms with van der Waals surface area (Å²) < 4.78 is 32.4. The highest BCUT2D eigenvalue weighted by Gasteiger charge is 2.11. The molecule has 0 bridgehead atoms. The van der Waals surface area contributed by atoms with Crippen molar-refractivity contribution in [1.29, 1.82) is 0 Å². The number of ether oxygens (including phenoxy) is 1. The predicted molar refractivity (Wildman–Crippen MR) is 132 cm³/mol. The van der Waals surface area contributed by atoms with Crippen LogP contribution in [0.4, 0.5) is 0 Å². The van der Waals surface area contributed by atoms with E-state index in [1.807, 2.05) is 19.1 Å². The van der Waals surface area contributed by atoms with Crippen LogP contribution in [0.15, 0.2) is 58.4 Å². The van der Waals surface area contributed by atoms with Gasteiger partial charge in [-0.15, -0.1) is 24.0 Å². The van der Waals surface area contributed by atoms with Crippen molar-refractivity contribution >= 4 is 40.0 Å². The quantitative estimate of drug-likeness (QED) is 0.185. The van der Waals surface area contributed by atoms with Crippen molar-refractivity contribution in [3.05, 3.63) is 59.7 Å². The molecule has 0 spiro atoms. The maximum atomic E-state index is 12.2. The number of aryl methyl sites for hydroxylation is 1. The molecule has 30 heavy (non-hydrogen) atoms. The van der Waals surface area contributed by atoms with E-state index in [2.05, 4.69) is 33.3 Å². The van der Waals surface area contributed by atoms with Gasteiger partial charge >= 0.3 is 0 Å². The molecule has 9 heteroatoms. The number of hydrogen-bond acceptors (Lipinski definition) is 4. The van der Waals surface area contributed by atoms with E-state index in [4.69, 9.17) is 4.74 Å². The summed E-state index contributed by atoms with van der Waals surface area (Å²) in [5.74, 6) is 1.52. The Morgan fingerprint density at radius 3 is 2.47 bits per heavy atom. The molecule has 7 nitrogen and oxygen atoms in total. The minimum atomic E-state index is -3.51. The Morgan fingerprint density at radius 1 is 1.07 bits per heavy atom. The van der Waals surface area contributed by atoms with Gasteiger partial charge in [0.05, 0.1) is 18.6 Å². The van der Waals surface area contributed by atoms with Crippen LogP contribution >= 0.6 is 24.0 Å². The highest BCUT2D eigenvalue weighted by molar-refractivity contribution is 14.0. The lowest BCUT2D eigenvalue weighted by atomic mass is 10.1. The maximum Gasteiger partial charge on any atom is 0.240 e. The van der Waals surface area contributed by atoms with Gasteiger partial charge in [0, 0.05) is 19.6 Å². The zero-order chi connectivity index (χ0) is 21.1. The highest BCUT2D eigenvalue weighted by Crippen LogP contribution is 2.19. The second-order valence-electron chi connectivity index (χ2n) is 6.46. The van der Waals surface area contributed by atoms with E-state index in [9.17, 15) is 8.42 Å². The molecule has 0 atom stereocenters. The lowest BCUT2D eigenvalue weighted by Gasteiger charge is -2.13. The van der Waals surface area contributed by atoms with Crippen LogP contribution in [0.3, 0.4) is 0 Å². The number of rotatable bonds is 10. The third kappa shape index (κ3) is 8.49. The van der Waals surface area contributed by atoms with Crippen LogP contribution in [0.1, 0.15) is 18.1 Å². The molecular formula is C21H31IN4O3S. The summed E-state index contributed by atoms with van der Waals surface area (Å²) in [4.78, 5) is 4.69. The van der Waals surface area contributed by atoms with Crippen molar-refractivity contribution < 1.29 is 13.2 Å². The highest BCUT2D eigenvalue weighted by atomic mass is 127. The van der Waals surface area contributed by atoms with Crippen molar-refractivity contribution in [3.8, 4) is 5.75 Å². The molecule has 0 aliphatic rings. The second-order valence-corrected chi connectivity index (χ2v) is 8.23. The average molecular weight is 546 g/mol. The number of sulfonamides is 1. The summed E-state index contributed by atoms with van der Waals surface area (Å²) in [5, 5.41) is 6.44. The number of methoxy groups -OCH3 is 1. The van der Waals surface area contributed by atoms with Gasteiger partial charge in [0.1, 0.15) is 5.75 Å². The maximum absolute atomic E-state index is 12.2. The minimum Gasteiger partial charge on any atom is -0.496 e. The lowest BCUT2D eigenvalue weighted by molar-refractivity contribution is 0.409. The van der Waals surface area contributed by atoms with Crippen molar-refractivity contribution in [2.45, 2.75) is 25.2 Å². The number of nitrogens with one attached hydrogen (secondary N) is 3. The topological polar surface area (TPSA) is 91.8 Å². The first-order chi connectivity index (χ1) is 14.0. The van der Waals surface area contributed by atoms with E-state index in [0.29, 0.717) is 19.0 Å². The first-order valence-corrected chi connectivity index (χ1v) is 11.1. The molecule has 0 aromatic heterocycles. The molecule has 3 N–H and O–H groups in total. The SMILES string of the molecule is CCNC(=NCCNS(=O)(=O)c1ccccc1)NCCc1cc(C)ccc1OC.I. The van der Waals surface area contributed by atoms with Crippen LogP contribution in [0.25, 0.3) is 0 Å². The summed E-state index contributed by atoms with van der Waals surface area (Å²) in [6.07, 6.45) is 0.788. The van der Waals surface area contributed by atoms with Crippen LogP contribution < -0.4 is 20.1 Å². The van der Waals surface area contributed by atoms with E-state index >= 15 is 0 Å². The third-order valence-electron chi connectivity index (χ3n) is 4.19. The fourth-order valence-electron chi connectivity index (χ4n) is 2.79. The van der Waals surface area contributed by atoms with Crippen LogP contribution in [0.2, 0.25) is 0 Å². The van der Waals surface area contributed by atoms with Crippen molar-refractivity contribution in [2.24, 2.45) is 4.99 Å². The van der Waals surface area contributed by atoms with E-state index in [0.717, 1.165) is 24.3 Å². The van der Waals surface area contributed by atoms with Crippen LogP contribution in [0, 0.1) is 6.92 Å². The van der Waals surface area contributed by atoms with Crippen molar-refractivity contribution in [2.75, 3.05) is 33.3 Å². The van der Waals surface area contributed by atoms with Gasteiger partial charge in [0.25, 0.3) is 0 Å². The fourth-order valence-corrected chi connectivity index (χ4v) is 3.83. The normalized spacial score (nSPS) is 11.5. The Hall–Kier alpha value is -1.85. The summed E-state index contributed by atoms with van der Waals surface area (Å²) in [6.45, 7) is 5.99. The number of nitrogens with zero attached hydrogens (tertiary/aromatic N) is 1. The van der Waals surface area contributed by atoms with Gasteiger partial charge in [0.2, 0.25) is 10.0 Å². The standard InChI is InChI=1S/C21H30N4O3S.HI/c1-4-22-21(23-13-12-18-16-17(2)10-11-20(18)28-3)24-14-15-25-29(26,27)19-8-6-5-7-9-19;/h5-11,16,25H,4,12-15H2,1-3H3,(H2,22,23,24);1H. The Labute approximate surface area is 196 Å². The van der Waals surface area contributed by atoms with E-state index in [-0.39, 0.29) is 35.4 Å². The van der Waals surface area contributed by atoms with E-state index < -0.39 is 10.0 Å². The Bertz CT molecular complexity index is 906. The largest absolute Gasteiger partial charge is 0.496 e. The first-order valence-electron chi connectivity index (χ1n) is 9.66. The molecule has 0 aliphatic carbocycles. The predicted octanol–water partition coefficient (Wildman–Crippen LogP) is 2.70. The van der Waals surface area contributed by atoms with Gasteiger partial charge in [-0.25, -0.2) is 13.1 Å². The van der Waals surface area contributed by atoms with E-state index in [1.54, 1.807) is 37.4 Å². The van der Waals surface area contributed by atoms with Crippen LogP contribution in [0.5, 0.6) is 5.75 Å². The minimum absolute atomic E-state index is 0. The number of hydrogen-bond donors (Lipinski definition) is 3. The monoisotopic (exact) mass is 546 g/mol. The Balaban J connectivity index is 0.00000450. The second kappa shape index (κ2) is 13.5. The van der Waals surface area contributed by atoms with Crippen LogP contribution in [-0.2, 0) is 16.4 Å². The first kappa shape index (κ1) is 26.2. The Morgan fingerprint density at radius 2 is 1.80 bits per heavy atom. The van der Waals surface area contributed by atoms with Gasteiger partial charge < -0.3 is 15.4 Å². The number of aliphatic imine (C=N–C) groups is 1. The van der Waals surface area contributed by atoms with Gasteiger partial charge in [-0.05, 0) is 44.0 Å². The molecule has 0 aliphatic heterocycles. The summed E-state index contributed by atoms with van der Waals surface area (Å²) >= 11 is 0. The van der Waals surface area contributed by atoms with E-state index in [1.165, 1.54) is 5.56 Å². The third-order valence-corrected chi connectivity index (χ3v) is 5.67. The zero-order valence-corrected chi connectivity index (χ0v) is 20.8. The van der Waals surface area contributed by atoms with Gasteiger partial charge in [-0.2, -0.15) is 0 Å². The molecule has 0 heterocycles. The molecule has 2 aromatic carbocycles. The number of benzene rings is 2. The molecule has 0 amide bonds. The summed E-state index contributed by atoms with van der Waals surface area (Å²) in [5.41, 5.74) is 2.32. The number of guanidine groups is 1.